The van der Waals surface area contributed by atoms with Crippen LogP contribution in [0.5, 0.6) is 0 Å². The van der Waals surface area contributed by atoms with Gasteiger partial charge in [0.05, 0.1) is 23.5 Å². The SMILES string of the molecule is C.O=C(O)c1ccc(Nc2ncc3c(n2)-c2cccc(F)c2C(c2ccccc2F)=NC3)cc1. The van der Waals surface area contributed by atoms with Crippen LogP contribution >= 0.6 is 0 Å². The zero-order valence-corrected chi connectivity index (χ0v) is 17.1. The summed E-state index contributed by atoms with van der Waals surface area (Å²) in [7, 11) is 0. The van der Waals surface area contributed by atoms with Crippen molar-refractivity contribution in [1.82, 2.24) is 9.97 Å². The summed E-state index contributed by atoms with van der Waals surface area (Å²) in [6.07, 6.45) is 1.60. The van der Waals surface area contributed by atoms with Gasteiger partial charge < -0.3 is 10.4 Å². The fourth-order valence-electron chi connectivity index (χ4n) is 3.72. The largest absolute Gasteiger partial charge is 0.478 e. The van der Waals surface area contributed by atoms with E-state index in [2.05, 4.69) is 20.3 Å². The Morgan fingerprint density at radius 1 is 0.912 bits per heavy atom. The van der Waals surface area contributed by atoms with Gasteiger partial charge in [-0.1, -0.05) is 31.7 Å². The Hall–Kier alpha value is -4.46. The lowest BCUT2D eigenvalue weighted by Crippen LogP contribution is -2.10. The van der Waals surface area contributed by atoms with Crippen LogP contribution < -0.4 is 5.32 Å². The van der Waals surface area contributed by atoms with Gasteiger partial charge in [0.2, 0.25) is 5.95 Å². The molecule has 0 atom stereocenters. The Bertz CT molecular complexity index is 1420. The lowest BCUT2D eigenvalue weighted by atomic mass is 9.94. The molecule has 0 radical (unpaired) electrons. The number of hydrogen-bond donors (Lipinski definition) is 2. The number of aromatic nitrogens is 2. The molecule has 0 saturated carbocycles. The Labute approximate surface area is 194 Å². The van der Waals surface area contributed by atoms with Crippen molar-refractivity contribution in [3.05, 3.63) is 107 Å². The quantitative estimate of drug-likeness (QED) is 0.401. The van der Waals surface area contributed by atoms with Crippen molar-refractivity contribution in [3.63, 3.8) is 0 Å². The van der Waals surface area contributed by atoms with E-state index in [0.717, 1.165) is 0 Å². The van der Waals surface area contributed by atoms with E-state index in [9.17, 15) is 9.18 Å². The minimum Gasteiger partial charge on any atom is -0.478 e. The number of rotatable bonds is 4. The molecule has 3 aromatic carbocycles. The summed E-state index contributed by atoms with van der Waals surface area (Å²) in [4.78, 5) is 24.5. The van der Waals surface area contributed by atoms with Gasteiger partial charge in [0.25, 0.3) is 0 Å². The molecule has 4 aromatic rings. The predicted molar refractivity (Wildman–Crippen MR) is 127 cm³/mol. The molecule has 1 aliphatic rings. The number of carboxylic acid groups (broad SMARTS) is 1. The van der Waals surface area contributed by atoms with Crippen molar-refractivity contribution < 1.29 is 18.7 Å². The number of hydrogen-bond acceptors (Lipinski definition) is 5. The summed E-state index contributed by atoms with van der Waals surface area (Å²) in [5.41, 5.74) is 2.99. The Morgan fingerprint density at radius 3 is 2.35 bits per heavy atom. The standard InChI is InChI=1S/C25H16F2N4O2.CH4/c26-19-6-2-1-4-17(19)23-21-18(5-3-7-20(21)27)22-15(12-28-23)13-29-25(31-22)30-16-10-8-14(9-11-16)24(32)33;/h1-11,13H,12H2,(H,32,33)(H,29,30,31);1H4. The number of nitrogens with zero attached hydrogens (tertiary/aromatic N) is 3. The van der Waals surface area contributed by atoms with Crippen LogP contribution in [-0.2, 0) is 6.54 Å². The lowest BCUT2D eigenvalue weighted by Gasteiger charge is -2.13. The number of anilines is 2. The smallest absolute Gasteiger partial charge is 0.335 e. The third-order valence-corrected chi connectivity index (χ3v) is 5.29. The molecule has 1 aromatic heterocycles. The first-order valence-corrected chi connectivity index (χ1v) is 10.1. The van der Waals surface area contributed by atoms with Crippen LogP contribution in [0.4, 0.5) is 20.4 Å². The van der Waals surface area contributed by atoms with Crippen LogP contribution in [0.15, 0.2) is 77.9 Å². The van der Waals surface area contributed by atoms with Crippen molar-refractivity contribution in [2.75, 3.05) is 5.32 Å². The van der Waals surface area contributed by atoms with Gasteiger partial charge in [-0.05, 0) is 42.5 Å². The van der Waals surface area contributed by atoms with Crippen molar-refractivity contribution in [3.8, 4) is 11.3 Å². The second-order valence-corrected chi connectivity index (χ2v) is 7.38. The summed E-state index contributed by atoms with van der Waals surface area (Å²) in [5, 5.41) is 12.1. The van der Waals surface area contributed by atoms with Crippen LogP contribution in [0, 0.1) is 11.6 Å². The molecule has 8 heteroatoms. The molecule has 0 unspecified atom stereocenters. The van der Waals surface area contributed by atoms with Crippen molar-refractivity contribution in [2.45, 2.75) is 14.0 Å². The molecule has 0 spiro atoms. The number of halogens is 2. The van der Waals surface area contributed by atoms with Crippen molar-refractivity contribution in [2.24, 2.45) is 4.99 Å². The molecule has 5 rings (SSSR count). The van der Waals surface area contributed by atoms with E-state index in [1.54, 1.807) is 48.7 Å². The molecule has 2 N–H and O–H groups in total. The second kappa shape index (κ2) is 9.19. The van der Waals surface area contributed by atoms with Crippen LogP contribution in [0.2, 0.25) is 0 Å². The Kier molecular flexibility index (Phi) is 6.14. The van der Waals surface area contributed by atoms with Gasteiger partial charge in [-0.15, -0.1) is 0 Å². The number of fused-ring (bicyclic) bond motifs is 3. The number of carbonyl (C=O) groups is 1. The maximum absolute atomic E-state index is 15.1. The highest BCUT2D eigenvalue weighted by Gasteiger charge is 2.25. The van der Waals surface area contributed by atoms with E-state index >= 15 is 4.39 Å². The number of aromatic carboxylic acids is 1. The molecule has 0 bridgehead atoms. The normalized spacial score (nSPS) is 11.9. The first kappa shape index (κ1) is 22.7. The average Bonchev–Trinajstić information content (AvgIpc) is 2.98. The lowest BCUT2D eigenvalue weighted by molar-refractivity contribution is 0.0697. The number of nitrogens with one attached hydrogen (secondary N) is 1. The fourth-order valence-corrected chi connectivity index (χ4v) is 3.72. The van der Waals surface area contributed by atoms with Gasteiger partial charge in [0.15, 0.2) is 0 Å². The van der Waals surface area contributed by atoms with Gasteiger partial charge in [0, 0.05) is 34.1 Å². The van der Waals surface area contributed by atoms with E-state index in [0.29, 0.717) is 22.5 Å². The van der Waals surface area contributed by atoms with E-state index in [1.807, 2.05) is 0 Å². The van der Waals surface area contributed by atoms with E-state index in [1.165, 1.54) is 24.3 Å². The van der Waals surface area contributed by atoms with E-state index < -0.39 is 17.6 Å². The minimum absolute atomic E-state index is 0. The molecular weight excluding hydrogens is 438 g/mol. The fraction of sp³-hybridized carbons (Fsp3) is 0.0769. The van der Waals surface area contributed by atoms with Crippen LogP contribution in [-0.4, -0.2) is 26.8 Å². The maximum atomic E-state index is 15.1. The molecule has 6 nitrogen and oxygen atoms in total. The molecule has 34 heavy (non-hydrogen) atoms. The minimum atomic E-state index is -1.02. The number of carboxylic acids is 1. The molecule has 0 aliphatic carbocycles. The second-order valence-electron chi connectivity index (χ2n) is 7.38. The van der Waals surface area contributed by atoms with Crippen molar-refractivity contribution in [1.29, 1.82) is 0 Å². The molecular formula is C26H20F2N4O2. The molecule has 0 amide bonds. The molecule has 0 fully saturated rings. The molecule has 0 saturated heterocycles. The predicted octanol–water partition coefficient (Wildman–Crippen LogP) is 5.85. The van der Waals surface area contributed by atoms with Crippen LogP contribution in [0.1, 0.15) is 34.5 Å². The first-order chi connectivity index (χ1) is 16.0. The summed E-state index contributed by atoms with van der Waals surface area (Å²) in [6.45, 7) is 0.153. The Balaban J connectivity index is 0.00000274. The zero-order chi connectivity index (χ0) is 22.9. The van der Waals surface area contributed by atoms with Gasteiger partial charge in [-0.25, -0.2) is 23.5 Å². The van der Waals surface area contributed by atoms with Gasteiger partial charge in [0.1, 0.15) is 11.6 Å². The van der Waals surface area contributed by atoms with Crippen LogP contribution in [0.25, 0.3) is 11.3 Å². The summed E-state index contributed by atoms with van der Waals surface area (Å²) in [5.74, 6) is -1.79. The summed E-state index contributed by atoms with van der Waals surface area (Å²) >= 11 is 0. The summed E-state index contributed by atoms with van der Waals surface area (Å²) < 4.78 is 29.6. The summed E-state index contributed by atoms with van der Waals surface area (Å²) in [6, 6.07) is 16.9. The first-order valence-electron chi connectivity index (χ1n) is 10.1. The van der Waals surface area contributed by atoms with Crippen LogP contribution in [0.3, 0.4) is 0 Å². The number of benzene rings is 3. The Morgan fingerprint density at radius 2 is 1.62 bits per heavy atom. The topological polar surface area (TPSA) is 87.5 Å². The van der Waals surface area contributed by atoms with Gasteiger partial charge in [-0.2, -0.15) is 0 Å². The van der Waals surface area contributed by atoms with Gasteiger partial charge >= 0.3 is 5.97 Å². The highest BCUT2D eigenvalue weighted by Crippen LogP contribution is 2.34. The van der Waals surface area contributed by atoms with Crippen molar-refractivity contribution >= 4 is 23.3 Å². The molecule has 2 heterocycles. The van der Waals surface area contributed by atoms with E-state index in [4.69, 9.17) is 5.11 Å². The zero-order valence-electron chi connectivity index (χ0n) is 17.1. The number of aliphatic imine (C=N–C) groups is 1. The van der Waals surface area contributed by atoms with Gasteiger partial charge in [-0.3, -0.25) is 4.99 Å². The molecule has 170 valence electrons. The monoisotopic (exact) mass is 458 g/mol. The molecule has 1 aliphatic heterocycles. The third kappa shape index (κ3) is 4.13. The van der Waals surface area contributed by atoms with E-state index in [-0.39, 0.29) is 42.3 Å². The third-order valence-electron chi connectivity index (χ3n) is 5.29. The highest BCUT2D eigenvalue weighted by atomic mass is 19.1. The maximum Gasteiger partial charge on any atom is 0.335 e. The highest BCUT2D eigenvalue weighted by molar-refractivity contribution is 6.17. The average molecular weight is 458 g/mol.